The Morgan fingerprint density at radius 3 is 2.50 bits per heavy atom. The Labute approximate surface area is 147 Å². The third-order valence-corrected chi connectivity index (χ3v) is 3.81. The number of aromatic nitrogens is 5. The van der Waals surface area contributed by atoms with Gasteiger partial charge in [-0.1, -0.05) is 6.07 Å². The van der Waals surface area contributed by atoms with Crippen molar-refractivity contribution in [2.75, 3.05) is 5.32 Å². The molecule has 0 spiro atoms. The Morgan fingerprint density at radius 1 is 1.00 bits per heavy atom. The van der Waals surface area contributed by atoms with E-state index in [1.165, 1.54) is 18.2 Å². The van der Waals surface area contributed by atoms with Gasteiger partial charge in [0.2, 0.25) is 0 Å². The molecule has 26 heavy (non-hydrogen) atoms. The summed E-state index contributed by atoms with van der Waals surface area (Å²) in [5.41, 5.74) is 1.66. The van der Waals surface area contributed by atoms with E-state index in [0.717, 1.165) is 5.69 Å². The van der Waals surface area contributed by atoms with Gasteiger partial charge < -0.3 is 10.3 Å². The fraction of sp³-hybridized carbons (Fsp3) is 0.111. The number of nitrogens with zero attached hydrogens (tertiary/aromatic N) is 4. The van der Waals surface area contributed by atoms with Gasteiger partial charge in [-0.25, -0.2) is 28.7 Å². The molecule has 3 aromatic heterocycles. The molecule has 8 heteroatoms. The standard InChI is InChI=1S/C18H14F2N6/c1-9-8-14(23-10(2)22-9)25-18-16-13(6-7-21-18)24-17(26-16)15-11(19)4-3-5-12(15)20/h3-8H,1-2H3,(H,24,26)(H,21,22,23,25). The van der Waals surface area contributed by atoms with E-state index in [0.29, 0.717) is 28.5 Å². The maximum Gasteiger partial charge on any atom is 0.159 e. The van der Waals surface area contributed by atoms with Crippen molar-refractivity contribution in [3.63, 3.8) is 0 Å². The van der Waals surface area contributed by atoms with Crippen molar-refractivity contribution in [1.29, 1.82) is 0 Å². The number of H-pyrrole nitrogens is 1. The van der Waals surface area contributed by atoms with Crippen LogP contribution in [-0.4, -0.2) is 24.9 Å². The van der Waals surface area contributed by atoms with Crippen LogP contribution in [0.25, 0.3) is 22.4 Å². The lowest BCUT2D eigenvalue weighted by Crippen LogP contribution is -2.00. The summed E-state index contributed by atoms with van der Waals surface area (Å²) in [5.74, 6) is 0.343. The molecule has 3 heterocycles. The topological polar surface area (TPSA) is 79.4 Å². The van der Waals surface area contributed by atoms with Crippen LogP contribution in [0.2, 0.25) is 0 Å². The third kappa shape index (κ3) is 2.85. The quantitative estimate of drug-likeness (QED) is 0.581. The molecule has 0 saturated carbocycles. The zero-order chi connectivity index (χ0) is 18.3. The number of rotatable bonds is 3. The number of halogens is 2. The molecule has 0 saturated heterocycles. The molecule has 2 N–H and O–H groups in total. The highest BCUT2D eigenvalue weighted by molar-refractivity contribution is 5.89. The molecule has 0 aliphatic rings. The predicted molar refractivity (Wildman–Crippen MR) is 94.0 cm³/mol. The van der Waals surface area contributed by atoms with Crippen molar-refractivity contribution in [2.45, 2.75) is 13.8 Å². The smallest absolute Gasteiger partial charge is 0.159 e. The van der Waals surface area contributed by atoms with E-state index in [2.05, 4.69) is 30.2 Å². The SMILES string of the molecule is Cc1cc(Nc2nccc3[nH]c(-c4c(F)cccc4F)nc23)nc(C)n1. The minimum Gasteiger partial charge on any atom is -0.338 e. The zero-order valence-corrected chi connectivity index (χ0v) is 14.0. The fourth-order valence-corrected chi connectivity index (χ4v) is 2.77. The van der Waals surface area contributed by atoms with Gasteiger partial charge in [0.25, 0.3) is 0 Å². The summed E-state index contributed by atoms with van der Waals surface area (Å²) in [5, 5.41) is 3.09. The number of pyridine rings is 1. The van der Waals surface area contributed by atoms with Crippen molar-refractivity contribution in [1.82, 2.24) is 24.9 Å². The van der Waals surface area contributed by atoms with Crippen molar-refractivity contribution in [3.05, 3.63) is 59.7 Å². The number of aromatic amines is 1. The van der Waals surface area contributed by atoms with Crippen molar-refractivity contribution in [2.24, 2.45) is 0 Å². The van der Waals surface area contributed by atoms with Crippen LogP contribution >= 0.6 is 0 Å². The molecule has 1 aromatic carbocycles. The Hall–Kier alpha value is -3.42. The van der Waals surface area contributed by atoms with E-state index >= 15 is 0 Å². The molecule has 0 radical (unpaired) electrons. The summed E-state index contributed by atoms with van der Waals surface area (Å²) >= 11 is 0. The normalized spacial score (nSPS) is 11.1. The van der Waals surface area contributed by atoms with E-state index in [9.17, 15) is 8.78 Å². The molecule has 0 aliphatic heterocycles. The van der Waals surface area contributed by atoms with Gasteiger partial charge >= 0.3 is 0 Å². The van der Waals surface area contributed by atoms with Gasteiger partial charge in [-0.05, 0) is 32.0 Å². The summed E-state index contributed by atoms with van der Waals surface area (Å²) in [4.78, 5) is 20.1. The first-order valence-corrected chi connectivity index (χ1v) is 7.89. The van der Waals surface area contributed by atoms with Gasteiger partial charge in [-0.2, -0.15) is 0 Å². The number of hydrogen-bond donors (Lipinski definition) is 2. The molecule has 130 valence electrons. The molecule has 0 atom stereocenters. The number of nitrogens with one attached hydrogen (secondary N) is 2. The molecule has 0 unspecified atom stereocenters. The Morgan fingerprint density at radius 2 is 1.77 bits per heavy atom. The highest BCUT2D eigenvalue weighted by Crippen LogP contribution is 2.28. The minimum absolute atomic E-state index is 0.0988. The first-order chi connectivity index (χ1) is 12.5. The molecular formula is C18H14F2N6. The highest BCUT2D eigenvalue weighted by Gasteiger charge is 2.17. The zero-order valence-electron chi connectivity index (χ0n) is 14.0. The van der Waals surface area contributed by atoms with Crippen LogP contribution < -0.4 is 5.32 Å². The summed E-state index contributed by atoms with van der Waals surface area (Å²) in [6.07, 6.45) is 1.57. The maximum atomic E-state index is 14.1. The maximum absolute atomic E-state index is 14.1. The monoisotopic (exact) mass is 352 g/mol. The van der Waals surface area contributed by atoms with E-state index in [-0.39, 0.29) is 11.4 Å². The van der Waals surface area contributed by atoms with Crippen molar-refractivity contribution < 1.29 is 8.78 Å². The van der Waals surface area contributed by atoms with E-state index in [4.69, 9.17) is 0 Å². The van der Waals surface area contributed by atoms with Gasteiger partial charge in [-0.15, -0.1) is 0 Å². The van der Waals surface area contributed by atoms with Gasteiger partial charge in [0.05, 0.1) is 11.1 Å². The van der Waals surface area contributed by atoms with Crippen molar-refractivity contribution in [3.8, 4) is 11.4 Å². The fourth-order valence-electron chi connectivity index (χ4n) is 2.77. The van der Waals surface area contributed by atoms with Crippen LogP contribution in [0.5, 0.6) is 0 Å². The number of imidazole rings is 1. The lowest BCUT2D eigenvalue weighted by atomic mass is 10.2. The molecule has 6 nitrogen and oxygen atoms in total. The first kappa shape index (κ1) is 16.1. The number of anilines is 2. The molecule has 0 amide bonds. The van der Waals surface area contributed by atoms with Crippen LogP contribution in [0.4, 0.5) is 20.4 Å². The summed E-state index contributed by atoms with van der Waals surface area (Å²) in [6.45, 7) is 3.65. The highest BCUT2D eigenvalue weighted by atomic mass is 19.1. The number of fused-ring (bicyclic) bond motifs is 1. The van der Waals surface area contributed by atoms with E-state index in [1.54, 1.807) is 25.3 Å². The summed E-state index contributed by atoms with van der Waals surface area (Å²) < 4.78 is 28.1. The average Bonchev–Trinajstić information content (AvgIpc) is 2.98. The predicted octanol–water partition coefficient (Wildman–Crippen LogP) is 4.05. The Kier molecular flexibility index (Phi) is 3.80. The summed E-state index contributed by atoms with van der Waals surface area (Å²) in [7, 11) is 0. The van der Waals surface area contributed by atoms with Crippen molar-refractivity contribution >= 4 is 22.7 Å². The second-order valence-corrected chi connectivity index (χ2v) is 5.80. The third-order valence-electron chi connectivity index (χ3n) is 3.81. The van der Waals surface area contributed by atoms with Gasteiger partial charge in [-0.3, -0.25) is 0 Å². The van der Waals surface area contributed by atoms with E-state index in [1.807, 2.05) is 6.92 Å². The largest absolute Gasteiger partial charge is 0.338 e. The van der Waals surface area contributed by atoms with Gasteiger partial charge in [0.1, 0.15) is 34.6 Å². The second-order valence-electron chi connectivity index (χ2n) is 5.80. The van der Waals surface area contributed by atoms with Crippen LogP contribution in [0.3, 0.4) is 0 Å². The first-order valence-electron chi connectivity index (χ1n) is 7.89. The molecule has 0 aliphatic carbocycles. The minimum atomic E-state index is -0.687. The van der Waals surface area contributed by atoms with Gasteiger partial charge in [0, 0.05) is 18.0 Å². The number of benzene rings is 1. The molecular weight excluding hydrogens is 338 g/mol. The lowest BCUT2D eigenvalue weighted by molar-refractivity contribution is 0.588. The Bertz CT molecular complexity index is 1080. The van der Waals surface area contributed by atoms with Gasteiger partial charge in [0.15, 0.2) is 5.82 Å². The van der Waals surface area contributed by atoms with Crippen LogP contribution in [0.15, 0.2) is 36.5 Å². The second kappa shape index (κ2) is 6.14. The van der Waals surface area contributed by atoms with Crippen LogP contribution in [-0.2, 0) is 0 Å². The average molecular weight is 352 g/mol. The molecule has 4 aromatic rings. The Balaban J connectivity index is 1.81. The molecule has 0 bridgehead atoms. The number of aryl methyl sites for hydroxylation is 2. The lowest BCUT2D eigenvalue weighted by Gasteiger charge is -2.06. The van der Waals surface area contributed by atoms with Crippen LogP contribution in [0.1, 0.15) is 11.5 Å². The van der Waals surface area contributed by atoms with Crippen LogP contribution in [0, 0.1) is 25.5 Å². The van der Waals surface area contributed by atoms with E-state index < -0.39 is 11.6 Å². The molecule has 0 fully saturated rings. The summed E-state index contributed by atoms with van der Waals surface area (Å²) in [6, 6.07) is 7.15. The molecule has 4 rings (SSSR count). The number of hydrogen-bond acceptors (Lipinski definition) is 5.